The number of hydrogen-bond acceptors (Lipinski definition) is 6. The molecule has 0 radical (unpaired) electrons. The van der Waals surface area contributed by atoms with E-state index in [0.717, 1.165) is 16.9 Å². The highest BCUT2D eigenvalue weighted by molar-refractivity contribution is 14.0. The lowest BCUT2D eigenvalue weighted by molar-refractivity contribution is -0.385. The van der Waals surface area contributed by atoms with E-state index in [0.29, 0.717) is 45.4 Å². The van der Waals surface area contributed by atoms with E-state index in [2.05, 4.69) is 20.7 Å². The lowest BCUT2D eigenvalue weighted by Gasteiger charge is -2.13. The molecule has 1 aromatic carbocycles. The second kappa shape index (κ2) is 13.7. The van der Waals surface area contributed by atoms with Gasteiger partial charge in [0.05, 0.1) is 24.6 Å². The second-order valence-electron chi connectivity index (χ2n) is 6.29. The summed E-state index contributed by atoms with van der Waals surface area (Å²) in [6.07, 6.45) is 2.64. The minimum atomic E-state index is -0.462. The Bertz CT molecular complexity index is 827. The van der Waals surface area contributed by atoms with E-state index in [4.69, 9.17) is 9.47 Å². The Morgan fingerprint density at radius 2 is 2.13 bits per heavy atom. The van der Waals surface area contributed by atoms with Gasteiger partial charge in [-0.15, -0.1) is 24.0 Å². The summed E-state index contributed by atoms with van der Waals surface area (Å²) < 4.78 is 12.4. The van der Waals surface area contributed by atoms with Gasteiger partial charge in [-0.1, -0.05) is 12.1 Å². The van der Waals surface area contributed by atoms with Crippen LogP contribution in [0.3, 0.4) is 0 Å². The molecule has 0 spiro atoms. The van der Waals surface area contributed by atoms with Crippen LogP contribution >= 0.6 is 24.0 Å². The summed E-state index contributed by atoms with van der Waals surface area (Å²) in [4.78, 5) is 14.9. The first-order chi connectivity index (χ1) is 14.0. The molecule has 0 aliphatic heterocycles. The normalized spacial score (nSPS) is 11.0. The molecule has 0 aliphatic rings. The first-order valence-corrected chi connectivity index (χ1v) is 9.43. The fraction of sp³-hybridized carbons (Fsp3) is 0.474. The number of aliphatic imine (C=N–C) groups is 1. The number of rotatable bonds is 11. The minimum absolute atomic E-state index is 0. The molecule has 0 saturated heterocycles. The summed E-state index contributed by atoms with van der Waals surface area (Å²) in [7, 11) is 1.64. The monoisotopic (exact) mass is 532 g/mol. The maximum absolute atomic E-state index is 10.7. The quantitative estimate of drug-likeness (QED) is 0.114. The Morgan fingerprint density at radius 1 is 1.33 bits per heavy atom. The molecule has 0 unspecified atom stereocenters. The molecule has 0 atom stereocenters. The first-order valence-electron chi connectivity index (χ1n) is 9.43. The molecule has 11 heteroatoms. The van der Waals surface area contributed by atoms with Crippen molar-refractivity contribution in [3.63, 3.8) is 0 Å². The Hall–Kier alpha value is -2.41. The highest BCUT2D eigenvalue weighted by atomic mass is 127. The lowest BCUT2D eigenvalue weighted by atomic mass is 10.1. The van der Waals surface area contributed by atoms with Crippen LogP contribution in [0.25, 0.3) is 0 Å². The number of methoxy groups -OCH3 is 1. The molecule has 2 rings (SSSR count). The largest absolute Gasteiger partial charge is 0.491 e. The van der Waals surface area contributed by atoms with Gasteiger partial charge in [0.2, 0.25) is 0 Å². The van der Waals surface area contributed by atoms with Gasteiger partial charge in [0, 0.05) is 25.8 Å². The van der Waals surface area contributed by atoms with Crippen LogP contribution in [0.2, 0.25) is 0 Å². The number of benzene rings is 1. The van der Waals surface area contributed by atoms with Gasteiger partial charge in [0.1, 0.15) is 24.8 Å². The summed E-state index contributed by atoms with van der Waals surface area (Å²) in [6, 6.07) is 6.03. The number of ether oxygens (including phenoxy) is 2. The van der Waals surface area contributed by atoms with Crippen LogP contribution < -0.4 is 15.4 Å². The fourth-order valence-electron chi connectivity index (χ4n) is 2.53. The summed E-state index contributed by atoms with van der Waals surface area (Å²) in [6.45, 7) is 7.16. The molecule has 30 heavy (non-hydrogen) atoms. The smallest absolute Gasteiger partial charge is 0.306 e. The number of nitrogens with zero attached hydrogens (tertiary/aromatic N) is 4. The standard InChI is InChI=1S/C19H28N6O4.HI/c1-4-20-19(21-7-8-24-14-17(13-23-24)25(26)27)22-12-16-6-5-15(2)11-18(16)29-10-9-28-3;/h5-6,11,13-14H,4,7-10,12H2,1-3H3,(H2,20,21,22);1H. The van der Waals surface area contributed by atoms with E-state index >= 15 is 0 Å². The second-order valence-corrected chi connectivity index (χ2v) is 6.29. The topological polar surface area (TPSA) is 116 Å². The summed E-state index contributed by atoms with van der Waals surface area (Å²) in [5.41, 5.74) is 2.07. The third-order valence-electron chi connectivity index (χ3n) is 3.98. The van der Waals surface area contributed by atoms with E-state index in [1.807, 2.05) is 32.0 Å². The third-order valence-corrected chi connectivity index (χ3v) is 3.98. The Labute approximate surface area is 193 Å². The number of nitrogens with one attached hydrogen (secondary N) is 2. The van der Waals surface area contributed by atoms with Gasteiger partial charge in [-0.25, -0.2) is 4.99 Å². The maximum Gasteiger partial charge on any atom is 0.306 e. The van der Waals surface area contributed by atoms with Crippen molar-refractivity contribution in [2.45, 2.75) is 26.9 Å². The predicted molar refractivity (Wildman–Crippen MR) is 126 cm³/mol. The molecule has 1 aromatic heterocycles. The summed E-state index contributed by atoms with van der Waals surface area (Å²) in [5.74, 6) is 1.45. The molecule has 0 saturated carbocycles. The summed E-state index contributed by atoms with van der Waals surface area (Å²) in [5, 5.41) is 21.1. The molecule has 0 aliphatic carbocycles. The number of aryl methyl sites for hydroxylation is 1. The molecule has 0 bridgehead atoms. The zero-order valence-electron chi connectivity index (χ0n) is 17.5. The van der Waals surface area contributed by atoms with Gasteiger partial charge in [0.25, 0.3) is 0 Å². The van der Waals surface area contributed by atoms with E-state index in [-0.39, 0.29) is 29.7 Å². The average molecular weight is 532 g/mol. The van der Waals surface area contributed by atoms with Crippen molar-refractivity contribution in [3.05, 3.63) is 51.8 Å². The van der Waals surface area contributed by atoms with E-state index in [1.54, 1.807) is 7.11 Å². The molecule has 2 aromatic rings. The van der Waals surface area contributed by atoms with E-state index in [9.17, 15) is 10.1 Å². The van der Waals surface area contributed by atoms with Crippen molar-refractivity contribution in [2.24, 2.45) is 4.99 Å². The van der Waals surface area contributed by atoms with Crippen molar-refractivity contribution in [2.75, 3.05) is 33.4 Å². The van der Waals surface area contributed by atoms with Gasteiger partial charge in [-0.05, 0) is 25.5 Å². The average Bonchev–Trinajstić information content (AvgIpc) is 3.17. The van der Waals surface area contributed by atoms with E-state index < -0.39 is 4.92 Å². The molecular weight excluding hydrogens is 503 g/mol. The molecule has 2 N–H and O–H groups in total. The van der Waals surface area contributed by atoms with Crippen molar-refractivity contribution in [1.29, 1.82) is 0 Å². The van der Waals surface area contributed by atoms with E-state index in [1.165, 1.54) is 17.1 Å². The number of nitro groups is 1. The Kier molecular flexibility index (Phi) is 11.7. The van der Waals surface area contributed by atoms with Crippen molar-refractivity contribution < 1.29 is 14.4 Å². The maximum atomic E-state index is 10.7. The number of guanidine groups is 1. The fourth-order valence-corrected chi connectivity index (χ4v) is 2.53. The van der Waals surface area contributed by atoms with Crippen molar-refractivity contribution >= 4 is 35.6 Å². The lowest BCUT2D eigenvalue weighted by Crippen LogP contribution is -2.38. The molecule has 0 fully saturated rings. The SMILES string of the molecule is CCNC(=NCc1ccc(C)cc1OCCOC)NCCn1cc([N+](=O)[O-])cn1.I. The van der Waals surface area contributed by atoms with Gasteiger partial charge < -0.3 is 20.1 Å². The number of aromatic nitrogens is 2. The molecule has 1 heterocycles. The number of halogens is 1. The van der Waals surface area contributed by atoms with Crippen LogP contribution in [-0.4, -0.2) is 54.1 Å². The van der Waals surface area contributed by atoms with Crippen molar-refractivity contribution in [3.8, 4) is 5.75 Å². The highest BCUT2D eigenvalue weighted by Gasteiger charge is 2.09. The number of hydrogen-bond donors (Lipinski definition) is 2. The van der Waals surface area contributed by atoms with Crippen LogP contribution in [0.15, 0.2) is 35.6 Å². The van der Waals surface area contributed by atoms with Gasteiger partial charge in [-0.3, -0.25) is 14.8 Å². The van der Waals surface area contributed by atoms with Crippen molar-refractivity contribution in [1.82, 2.24) is 20.4 Å². The van der Waals surface area contributed by atoms with Gasteiger partial charge >= 0.3 is 5.69 Å². The van der Waals surface area contributed by atoms with Gasteiger partial charge in [0.15, 0.2) is 5.96 Å². The molecule has 166 valence electrons. The van der Waals surface area contributed by atoms with Crippen LogP contribution in [0.4, 0.5) is 5.69 Å². The van der Waals surface area contributed by atoms with Crippen LogP contribution in [0.5, 0.6) is 5.75 Å². The minimum Gasteiger partial charge on any atom is -0.491 e. The zero-order valence-corrected chi connectivity index (χ0v) is 19.8. The summed E-state index contributed by atoms with van der Waals surface area (Å²) >= 11 is 0. The van der Waals surface area contributed by atoms with Crippen LogP contribution in [0, 0.1) is 17.0 Å². The van der Waals surface area contributed by atoms with Crippen LogP contribution in [0.1, 0.15) is 18.1 Å². The molecule has 0 amide bonds. The zero-order chi connectivity index (χ0) is 21.1. The van der Waals surface area contributed by atoms with Crippen LogP contribution in [-0.2, 0) is 17.8 Å². The Balaban J connectivity index is 0.00000450. The third kappa shape index (κ3) is 8.53. The molecular formula is C19H29IN6O4. The highest BCUT2D eigenvalue weighted by Crippen LogP contribution is 2.21. The first kappa shape index (κ1) is 25.6. The molecule has 10 nitrogen and oxygen atoms in total. The Morgan fingerprint density at radius 3 is 2.80 bits per heavy atom. The van der Waals surface area contributed by atoms with Gasteiger partial charge in [-0.2, -0.15) is 5.10 Å². The predicted octanol–water partition coefficient (Wildman–Crippen LogP) is 2.50.